The third-order valence-corrected chi connectivity index (χ3v) is 6.93. The average molecular weight is 425 g/mol. The molecule has 1 fully saturated rings. The highest BCUT2D eigenvalue weighted by molar-refractivity contribution is 7.89. The van der Waals surface area contributed by atoms with Crippen LogP contribution in [-0.4, -0.2) is 46.1 Å². The summed E-state index contributed by atoms with van der Waals surface area (Å²) in [7, 11) is -2.16. The summed E-state index contributed by atoms with van der Waals surface area (Å²) in [4.78, 5) is 0.187. The van der Waals surface area contributed by atoms with Crippen LogP contribution in [0.25, 0.3) is 0 Å². The van der Waals surface area contributed by atoms with E-state index in [0.717, 1.165) is 11.1 Å². The lowest BCUT2D eigenvalue weighted by atomic mass is 10.1. The third-order valence-electron chi connectivity index (χ3n) is 4.78. The van der Waals surface area contributed by atoms with Crippen molar-refractivity contribution in [2.45, 2.75) is 24.4 Å². The number of benzene rings is 2. The van der Waals surface area contributed by atoms with Gasteiger partial charge in [0.1, 0.15) is 10.6 Å². The number of nitrogens with one attached hydrogen (secondary N) is 1. The number of sulfonamides is 1. The molecular weight excluding hydrogens is 400 g/mol. The summed E-state index contributed by atoms with van der Waals surface area (Å²) in [5.74, 6) is 0.345. The average Bonchev–Trinajstić information content (AvgIpc) is 2.72. The van der Waals surface area contributed by atoms with Crippen LogP contribution >= 0.6 is 11.6 Å². The van der Waals surface area contributed by atoms with Crippen molar-refractivity contribution >= 4 is 21.6 Å². The largest absolute Gasteiger partial charge is 0.495 e. The van der Waals surface area contributed by atoms with E-state index in [4.69, 9.17) is 21.1 Å². The first kappa shape index (κ1) is 21.1. The zero-order valence-electron chi connectivity index (χ0n) is 16.0. The molecule has 1 N–H and O–H groups in total. The van der Waals surface area contributed by atoms with Gasteiger partial charge in [-0.25, -0.2) is 8.42 Å². The molecule has 152 valence electrons. The topological polar surface area (TPSA) is 67.9 Å². The van der Waals surface area contributed by atoms with E-state index in [1.165, 1.54) is 11.4 Å². The molecule has 3 rings (SSSR count). The number of nitrogens with zero attached hydrogens (tertiary/aromatic N) is 1. The van der Waals surface area contributed by atoms with Gasteiger partial charge in [-0.15, -0.1) is 0 Å². The first-order chi connectivity index (χ1) is 13.4. The predicted molar refractivity (Wildman–Crippen MR) is 109 cm³/mol. The predicted octanol–water partition coefficient (Wildman–Crippen LogP) is 3.22. The van der Waals surface area contributed by atoms with Crippen LogP contribution in [0.1, 0.15) is 24.1 Å². The van der Waals surface area contributed by atoms with Gasteiger partial charge in [0.2, 0.25) is 10.0 Å². The van der Waals surface area contributed by atoms with Gasteiger partial charge in [-0.1, -0.05) is 29.8 Å². The molecule has 0 amide bonds. The Labute approximate surface area is 171 Å². The van der Waals surface area contributed by atoms with E-state index in [2.05, 4.69) is 5.32 Å². The maximum Gasteiger partial charge on any atom is 0.246 e. The van der Waals surface area contributed by atoms with Crippen molar-refractivity contribution in [2.24, 2.45) is 0 Å². The highest BCUT2D eigenvalue weighted by Crippen LogP contribution is 2.28. The maximum absolute atomic E-state index is 13.1. The van der Waals surface area contributed by atoms with Crippen LogP contribution in [0.4, 0.5) is 0 Å². The minimum absolute atomic E-state index is 0.0695. The van der Waals surface area contributed by atoms with Crippen LogP contribution in [0.2, 0.25) is 5.02 Å². The van der Waals surface area contributed by atoms with Crippen LogP contribution in [0.15, 0.2) is 47.4 Å². The zero-order valence-corrected chi connectivity index (χ0v) is 17.6. The molecule has 1 heterocycles. The van der Waals surface area contributed by atoms with Crippen LogP contribution in [0, 0.1) is 0 Å². The van der Waals surface area contributed by atoms with Gasteiger partial charge in [-0.3, -0.25) is 0 Å². The normalized spacial score (nSPS) is 16.7. The van der Waals surface area contributed by atoms with E-state index in [0.29, 0.717) is 43.6 Å². The van der Waals surface area contributed by atoms with E-state index in [1.807, 2.05) is 37.3 Å². The molecule has 2 aromatic rings. The molecule has 1 saturated heterocycles. The highest BCUT2D eigenvalue weighted by Gasteiger charge is 2.29. The summed E-state index contributed by atoms with van der Waals surface area (Å²) >= 11 is 6.06. The van der Waals surface area contributed by atoms with Gasteiger partial charge < -0.3 is 14.8 Å². The Balaban J connectivity index is 1.79. The van der Waals surface area contributed by atoms with Gasteiger partial charge in [-0.05, 0) is 42.3 Å². The van der Waals surface area contributed by atoms with E-state index in [1.54, 1.807) is 12.1 Å². The lowest BCUT2D eigenvalue weighted by Crippen LogP contribution is -2.40. The fraction of sp³-hybridized carbons (Fsp3) is 0.400. The number of methoxy groups -OCH3 is 1. The number of morpholine rings is 1. The standard InChI is InChI=1S/C20H25ClN2O4S/c1-15(17-4-3-5-18(21)13-17)22-14-16-6-7-19(26-2)20(12-16)28(24,25)23-8-10-27-11-9-23/h3-7,12-13,15,22H,8-11,14H2,1-2H3. The molecule has 0 saturated carbocycles. The zero-order chi connectivity index (χ0) is 20.1. The van der Waals surface area contributed by atoms with Crippen molar-refractivity contribution < 1.29 is 17.9 Å². The van der Waals surface area contributed by atoms with Crippen molar-refractivity contribution in [3.8, 4) is 5.75 Å². The Morgan fingerprint density at radius 2 is 1.96 bits per heavy atom. The molecule has 0 radical (unpaired) electrons. The second-order valence-electron chi connectivity index (χ2n) is 6.66. The third kappa shape index (κ3) is 4.85. The fourth-order valence-corrected chi connectivity index (χ4v) is 4.94. The molecule has 0 aromatic heterocycles. The highest BCUT2D eigenvalue weighted by atomic mass is 35.5. The smallest absolute Gasteiger partial charge is 0.246 e. The molecule has 2 aromatic carbocycles. The molecule has 6 nitrogen and oxygen atoms in total. The van der Waals surface area contributed by atoms with Crippen LogP contribution < -0.4 is 10.1 Å². The van der Waals surface area contributed by atoms with Crippen molar-refractivity contribution in [3.63, 3.8) is 0 Å². The van der Waals surface area contributed by atoms with Gasteiger partial charge >= 0.3 is 0 Å². The number of halogens is 1. The van der Waals surface area contributed by atoms with E-state index < -0.39 is 10.0 Å². The molecule has 1 atom stereocenters. The lowest BCUT2D eigenvalue weighted by Gasteiger charge is -2.27. The summed E-state index contributed by atoms with van der Waals surface area (Å²) in [5, 5.41) is 4.10. The molecular formula is C20H25ClN2O4S. The summed E-state index contributed by atoms with van der Waals surface area (Å²) in [6.07, 6.45) is 0. The molecule has 0 spiro atoms. The van der Waals surface area contributed by atoms with Crippen molar-refractivity contribution in [1.29, 1.82) is 0 Å². The first-order valence-corrected chi connectivity index (χ1v) is 11.0. The number of rotatable bonds is 7. The minimum atomic E-state index is -3.64. The van der Waals surface area contributed by atoms with E-state index in [9.17, 15) is 8.42 Å². The van der Waals surface area contributed by atoms with Crippen molar-refractivity contribution in [3.05, 3.63) is 58.6 Å². The van der Waals surface area contributed by atoms with Crippen LogP contribution in [0.5, 0.6) is 5.75 Å². The molecule has 1 unspecified atom stereocenters. The summed E-state index contributed by atoms with van der Waals surface area (Å²) in [5.41, 5.74) is 1.93. The van der Waals surface area contributed by atoms with E-state index >= 15 is 0 Å². The SMILES string of the molecule is COc1ccc(CNC(C)c2cccc(Cl)c2)cc1S(=O)(=O)N1CCOCC1. The fourth-order valence-electron chi connectivity index (χ4n) is 3.12. The Morgan fingerprint density at radius 1 is 1.21 bits per heavy atom. The second kappa shape index (κ2) is 9.24. The summed E-state index contributed by atoms with van der Waals surface area (Å²) in [6.45, 7) is 4.06. The molecule has 1 aliphatic rings. The van der Waals surface area contributed by atoms with Crippen molar-refractivity contribution in [1.82, 2.24) is 9.62 Å². The molecule has 0 bridgehead atoms. The Kier molecular flexibility index (Phi) is 6.95. The van der Waals surface area contributed by atoms with Crippen LogP contribution in [-0.2, 0) is 21.3 Å². The molecule has 28 heavy (non-hydrogen) atoms. The van der Waals surface area contributed by atoms with Gasteiger partial charge in [0.25, 0.3) is 0 Å². The Bertz CT molecular complexity index is 914. The second-order valence-corrected chi connectivity index (χ2v) is 9.00. The number of ether oxygens (including phenoxy) is 2. The van der Waals surface area contributed by atoms with Crippen molar-refractivity contribution in [2.75, 3.05) is 33.4 Å². The van der Waals surface area contributed by atoms with Gasteiger partial charge in [0, 0.05) is 30.7 Å². The van der Waals surface area contributed by atoms with Gasteiger partial charge in [0.05, 0.1) is 20.3 Å². The van der Waals surface area contributed by atoms with Gasteiger partial charge in [0.15, 0.2) is 0 Å². The lowest BCUT2D eigenvalue weighted by molar-refractivity contribution is 0.0729. The summed E-state index contributed by atoms with van der Waals surface area (Å²) < 4.78 is 38.2. The molecule has 0 aliphatic carbocycles. The van der Waals surface area contributed by atoms with Crippen LogP contribution in [0.3, 0.4) is 0 Å². The van der Waals surface area contributed by atoms with Gasteiger partial charge in [-0.2, -0.15) is 4.31 Å². The van der Waals surface area contributed by atoms with E-state index in [-0.39, 0.29) is 10.9 Å². The Morgan fingerprint density at radius 3 is 2.64 bits per heavy atom. The quantitative estimate of drug-likeness (QED) is 0.739. The number of hydrogen-bond donors (Lipinski definition) is 1. The Hall–Kier alpha value is -1.64. The first-order valence-electron chi connectivity index (χ1n) is 9.15. The minimum Gasteiger partial charge on any atom is -0.495 e. The number of hydrogen-bond acceptors (Lipinski definition) is 5. The monoisotopic (exact) mass is 424 g/mol. The maximum atomic E-state index is 13.1. The summed E-state index contributed by atoms with van der Waals surface area (Å²) in [6, 6.07) is 13.0. The molecule has 8 heteroatoms. The molecule has 1 aliphatic heterocycles.